The maximum atomic E-state index is 14.0. The first-order valence-corrected chi connectivity index (χ1v) is 8.56. The van der Waals surface area contributed by atoms with Gasteiger partial charge in [0.05, 0.1) is 4.47 Å². The first kappa shape index (κ1) is 16.9. The van der Waals surface area contributed by atoms with E-state index in [9.17, 15) is 8.78 Å². The zero-order valence-electron chi connectivity index (χ0n) is 11.1. The third-order valence-electron chi connectivity index (χ3n) is 3.26. The van der Waals surface area contributed by atoms with Crippen molar-refractivity contribution in [3.05, 3.63) is 68.1 Å². The Balaban J connectivity index is 2.18. The lowest BCUT2D eigenvalue weighted by atomic mass is 9.93. The summed E-state index contributed by atoms with van der Waals surface area (Å²) in [6.07, 6.45) is 0.946. The molecule has 2 aromatic carbocycles. The Bertz CT molecular complexity index is 632. The molecule has 0 N–H and O–H groups in total. The van der Waals surface area contributed by atoms with E-state index in [1.807, 2.05) is 24.3 Å². The summed E-state index contributed by atoms with van der Waals surface area (Å²) in [5.74, 6) is -0.753. The molecule has 0 aliphatic heterocycles. The monoisotopic (exact) mass is 436 g/mol. The summed E-state index contributed by atoms with van der Waals surface area (Å²) in [5.41, 5.74) is 1.18. The van der Waals surface area contributed by atoms with Crippen molar-refractivity contribution in [3.63, 3.8) is 0 Å². The van der Waals surface area contributed by atoms with Gasteiger partial charge in [-0.05, 0) is 64.5 Å². The maximum absolute atomic E-state index is 14.0. The molecule has 0 aliphatic rings. The molecule has 0 saturated heterocycles. The van der Waals surface area contributed by atoms with Crippen LogP contribution in [0.15, 0.2) is 45.3 Å². The van der Waals surface area contributed by atoms with E-state index in [-0.39, 0.29) is 22.4 Å². The third kappa shape index (κ3) is 4.51. The first-order chi connectivity index (χ1) is 10.0. The van der Waals surface area contributed by atoms with Gasteiger partial charge in [0.1, 0.15) is 11.6 Å². The van der Waals surface area contributed by atoms with Crippen LogP contribution in [0.25, 0.3) is 0 Å². The van der Waals surface area contributed by atoms with Crippen molar-refractivity contribution in [3.8, 4) is 0 Å². The molecule has 21 heavy (non-hydrogen) atoms. The van der Waals surface area contributed by atoms with E-state index in [2.05, 4.69) is 31.9 Å². The highest BCUT2D eigenvalue weighted by atomic mass is 79.9. The minimum absolute atomic E-state index is 0.0285. The van der Waals surface area contributed by atoms with E-state index < -0.39 is 11.6 Å². The zero-order chi connectivity index (χ0) is 15.4. The van der Waals surface area contributed by atoms with Crippen molar-refractivity contribution in [1.82, 2.24) is 0 Å². The van der Waals surface area contributed by atoms with Crippen LogP contribution in [0, 0.1) is 17.6 Å². The Morgan fingerprint density at radius 2 is 1.81 bits per heavy atom. The van der Waals surface area contributed by atoms with Gasteiger partial charge in [-0.2, -0.15) is 0 Å². The van der Waals surface area contributed by atoms with Crippen LogP contribution in [0.2, 0.25) is 0 Å². The highest BCUT2D eigenvalue weighted by Crippen LogP contribution is 2.26. The quantitative estimate of drug-likeness (QED) is 0.389. The summed E-state index contributed by atoms with van der Waals surface area (Å²) in [6.45, 7) is 0. The molecule has 2 rings (SSSR count). The van der Waals surface area contributed by atoms with Crippen LogP contribution in [0.1, 0.15) is 11.1 Å². The zero-order valence-corrected chi connectivity index (χ0v) is 15.0. The van der Waals surface area contributed by atoms with Crippen LogP contribution in [-0.4, -0.2) is 5.88 Å². The van der Waals surface area contributed by atoms with E-state index in [1.165, 1.54) is 12.1 Å². The second-order valence-electron chi connectivity index (χ2n) is 4.88. The summed E-state index contributed by atoms with van der Waals surface area (Å²) in [5, 5.41) is 0. The van der Waals surface area contributed by atoms with Gasteiger partial charge in [-0.15, -0.1) is 11.6 Å². The Morgan fingerprint density at radius 3 is 2.48 bits per heavy atom. The van der Waals surface area contributed by atoms with Crippen LogP contribution in [0.3, 0.4) is 0 Å². The highest BCUT2D eigenvalue weighted by Gasteiger charge is 2.18. The van der Waals surface area contributed by atoms with E-state index in [0.717, 1.165) is 10.0 Å². The molecule has 0 nitrogen and oxygen atoms in total. The number of hydrogen-bond acceptors (Lipinski definition) is 0. The van der Waals surface area contributed by atoms with Crippen LogP contribution in [0.4, 0.5) is 8.78 Å². The molecule has 1 atom stereocenters. The van der Waals surface area contributed by atoms with Gasteiger partial charge < -0.3 is 0 Å². The minimum atomic E-state index is -0.542. The average molecular weight is 439 g/mol. The summed E-state index contributed by atoms with van der Waals surface area (Å²) in [4.78, 5) is 0. The number of benzene rings is 2. The van der Waals surface area contributed by atoms with E-state index in [1.54, 1.807) is 0 Å². The van der Waals surface area contributed by atoms with Gasteiger partial charge in [0.2, 0.25) is 0 Å². The topological polar surface area (TPSA) is 0 Å². The van der Waals surface area contributed by atoms with Crippen LogP contribution >= 0.6 is 43.5 Å². The molecule has 0 heterocycles. The van der Waals surface area contributed by atoms with Crippen LogP contribution < -0.4 is 0 Å². The van der Waals surface area contributed by atoms with Gasteiger partial charge >= 0.3 is 0 Å². The Labute approximate surface area is 144 Å². The molecule has 2 aromatic rings. The Morgan fingerprint density at radius 1 is 1.05 bits per heavy atom. The largest absolute Gasteiger partial charge is 0.207 e. The molecule has 0 amide bonds. The van der Waals surface area contributed by atoms with E-state index in [0.29, 0.717) is 12.3 Å². The number of halogens is 5. The molecule has 0 spiro atoms. The lowest BCUT2D eigenvalue weighted by Gasteiger charge is -2.16. The smallest absolute Gasteiger partial charge is 0.143 e. The Hall–Kier alpha value is -0.450. The second-order valence-corrected chi connectivity index (χ2v) is 6.96. The van der Waals surface area contributed by atoms with Crippen molar-refractivity contribution in [2.45, 2.75) is 12.8 Å². The van der Waals surface area contributed by atoms with Crippen molar-refractivity contribution in [1.29, 1.82) is 0 Å². The molecule has 5 heteroatoms. The van der Waals surface area contributed by atoms with E-state index in [4.69, 9.17) is 11.6 Å². The van der Waals surface area contributed by atoms with Crippen molar-refractivity contribution in [2.75, 3.05) is 5.88 Å². The van der Waals surface area contributed by atoms with Crippen molar-refractivity contribution in [2.24, 2.45) is 5.92 Å². The summed E-state index contributed by atoms with van der Waals surface area (Å²) < 4.78 is 29.1. The molecule has 0 fully saturated rings. The van der Waals surface area contributed by atoms with Gasteiger partial charge in [-0.25, -0.2) is 8.78 Å². The fraction of sp³-hybridized carbons (Fsp3) is 0.250. The lowest BCUT2D eigenvalue weighted by Crippen LogP contribution is -2.13. The second kappa shape index (κ2) is 7.70. The van der Waals surface area contributed by atoms with E-state index >= 15 is 0 Å². The summed E-state index contributed by atoms with van der Waals surface area (Å²) in [6, 6.07) is 10.5. The molecule has 0 saturated carbocycles. The number of alkyl halides is 1. The maximum Gasteiger partial charge on any atom is 0.143 e. The summed E-state index contributed by atoms with van der Waals surface area (Å²) >= 11 is 12.5. The number of rotatable bonds is 5. The predicted octanol–water partition coefficient (Wildman–Crippen LogP) is 6.13. The number of hydrogen-bond donors (Lipinski definition) is 0. The molecule has 112 valence electrons. The minimum Gasteiger partial charge on any atom is -0.207 e. The Kier molecular flexibility index (Phi) is 6.20. The van der Waals surface area contributed by atoms with Gasteiger partial charge in [0.15, 0.2) is 0 Å². The van der Waals surface area contributed by atoms with Gasteiger partial charge in [-0.1, -0.05) is 28.1 Å². The van der Waals surface area contributed by atoms with Gasteiger partial charge in [-0.3, -0.25) is 0 Å². The molecular formula is C16H13Br2ClF2. The van der Waals surface area contributed by atoms with Crippen molar-refractivity contribution < 1.29 is 8.78 Å². The fourth-order valence-electron chi connectivity index (χ4n) is 2.22. The van der Waals surface area contributed by atoms with Crippen LogP contribution in [0.5, 0.6) is 0 Å². The SMILES string of the molecule is Fc1ccc(Br)c(F)c1CC(CCl)Cc1cccc(Br)c1. The standard InChI is InChI=1S/C16H13Br2ClF2/c17-12-3-1-2-10(7-12)6-11(9-19)8-13-15(20)5-4-14(18)16(13)21/h1-5,7,11H,6,8-9H2. The lowest BCUT2D eigenvalue weighted by molar-refractivity contribution is 0.505. The molecule has 0 bridgehead atoms. The fourth-order valence-corrected chi connectivity index (χ4v) is 3.26. The molecular weight excluding hydrogens is 425 g/mol. The highest BCUT2D eigenvalue weighted by molar-refractivity contribution is 9.10. The van der Waals surface area contributed by atoms with Crippen molar-refractivity contribution >= 4 is 43.5 Å². The first-order valence-electron chi connectivity index (χ1n) is 6.44. The summed E-state index contributed by atoms with van der Waals surface area (Å²) in [7, 11) is 0. The van der Waals surface area contributed by atoms with Gasteiger partial charge in [0, 0.05) is 15.9 Å². The molecule has 0 radical (unpaired) electrons. The normalized spacial score (nSPS) is 12.4. The predicted molar refractivity (Wildman–Crippen MR) is 89.8 cm³/mol. The average Bonchev–Trinajstić information content (AvgIpc) is 2.46. The van der Waals surface area contributed by atoms with Gasteiger partial charge in [0.25, 0.3) is 0 Å². The third-order valence-corrected chi connectivity index (χ3v) is 4.81. The van der Waals surface area contributed by atoms with Crippen LogP contribution in [-0.2, 0) is 12.8 Å². The molecule has 0 aliphatic carbocycles. The molecule has 0 aromatic heterocycles. The molecule has 1 unspecified atom stereocenters.